The molecule has 15 heavy (non-hydrogen) atoms. The standard InChI is InChI=1S/C13H20O2/c1-9(14)15-8-13-5-10-2-11(6-13)4-12(3-10)7-13/h10-12H,2-8H2,1H3. The van der Waals surface area contributed by atoms with Crippen molar-refractivity contribution in [3.63, 3.8) is 0 Å². The van der Waals surface area contributed by atoms with Gasteiger partial charge in [0.1, 0.15) is 0 Å². The van der Waals surface area contributed by atoms with E-state index in [1.54, 1.807) is 0 Å². The second-order valence-corrected chi connectivity index (χ2v) is 6.20. The van der Waals surface area contributed by atoms with Gasteiger partial charge in [0.05, 0.1) is 6.61 Å². The first-order chi connectivity index (χ1) is 7.15. The summed E-state index contributed by atoms with van der Waals surface area (Å²) < 4.78 is 5.29. The molecule has 0 saturated heterocycles. The van der Waals surface area contributed by atoms with Crippen LogP contribution in [0.15, 0.2) is 0 Å². The van der Waals surface area contributed by atoms with Gasteiger partial charge in [-0.2, -0.15) is 0 Å². The quantitative estimate of drug-likeness (QED) is 0.652. The molecule has 0 aromatic rings. The number of ether oxygens (including phenoxy) is 1. The van der Waals surface area contributed by atoms with E-state index in [9.17, 15) is 4.79 Å². The third-order valence-corrected chi connectivity index (χ3v) is 4.75. The largest absolute Gasteiger partial charge is 0.465 e. The molecule has 2 heteroatoms. The predicted molar refractivity (Wildman–Crippen MR) is 57.2 cm³/mol. The van der Waals surface area contributed by atoms with Gasteiger partial charge in [-0.05, 0) is 56.3 Å². The maximum Gasteiger partial charge on any atom is 0.302 e. The summed E-state index contributed by atoms with van der Waals surface area (Å²) in [5, 5.41) is 0. The van der Waals surface area contributed by atoms with E-state index in [-0.39, 0.29) is 5.97 Å². The summed E-state index contributed by atoms with van der Waals surface area (Å²) in [6.07, 6.45) is 8.35. The highest BCUT2D eigenvalue weighted by Gasteiger charge is 2.51. The average molecular weight is 208 g/mol. The van der Waals surface area contributed by atoms with Crippen LogP contribution in [0.5, 0.6) is 0 Å². The predicted octanol–water partition coefficient (Wildman–Crippen LogP) is 2.77. The van der Waals surface area contributed by atoms with Gasteiger partial charge in [-0.15, -0.1) is 0 Å². The minimum Gasteiger partial charge on any atom is -0.465 e. The lowest BCUT2D eigenvalue weighted by Gasteiger charge is -2.56. The fourth-order valence-corrected chi connectivity index (χ4v) is 4.72. The van der Waals surface area contributed by atoms with Crippen LogP contribution >= 0.6 is 0 Å². The highest BCUT2D eigenvalue weighted by Crippen LogP contribution is 2.59. The lowest BCUT2D eigenvalue weighted by molar-refractivity contribution is -0.152. The van der Waals surface area contributed by atoms with E-state index in [0.717, 1.165) is 17.8 Å². The van der Waals surface area contributed by atoms with Gasteiger partial charge in [0.25, 0.3) is 0 Å². The third kappa shape index (κ3) is 1.68. The molecule has 0 aliphatic heterocycles. The molecular weight excluding hydrogens is 188 g/mol. The van der Waals surface area contributed by atoms with Crippen LogP contribution in [-0.4, -0.2) is 12.6 Å². The second-order valence-electron chi connectivity index (χ2n) is 6.20. The first-order valence-corrected chi connectivity index (χ1v) is 6.29. The van der Waals surface area contributed by atoms with Crippen LogP contribution in [0.4, 0.5) is 0 Å². The molecule has 0 atom stereocenters. The molecule has 4 bridgehead atoms. The Balaban J connectivity index is 1.72. The minimum atomic E-state index is -0.106. The summed E-state index contributed by atoms with van der Waals surface area (Å²) in [6.45, 7) is 2.23. The average Bonchev–Trinajstić information content (AvgIpc) is 2.12. The molecule has 0 unspecified atom stereocenters. The van der Waals surface area contributed by atoms with Crippen LogP contribution in [0.25, 0.3) is 0 Å². The van der Waals surface area contributed by atoms with Gasteiger partial charge in [0.15, 0.2) is 0 Å². The molecule has 84 valence electrons. The van der Waals surface area contributed by atoms with Gasteiger partial charge in [-0.25, -0.2) is 0 Å². The Morgan fingerprint density at radius 3 is 2.00 bits per heavy atom. The first-order valence-electron chi connectivity index (χ1n) is 6.29. The Labute approximate surface area is 91.4 Å². The van der Waals surface area contributed by atoms with Crippen molar-refractivity contribution < 1.29 is 9.53 Å². The van der Waals surface area contributed by atoms with E-state index in [0.29, 0.717) is 12.0 Å². The molecule has 4 saturated carbocycles. The summed E-state index contributed by atoms with van der Waals surface area (Å²) >= 11 is 0. The molecule has 0 aromatic heterocycles. The van der Waals surface area contributed by atoms with Gasteiger partial charge in [-0.3, -0.25) is 4.79 Å². The number of carbonyl (C=O) groups excluding carboxylic acids is 1. The van der Waals surface area contributed by atoms with Crippen molar-refractivity contribution >= 4 is 5.97 Å². The summed E-state index contributed by atoms with van der Waals surface area (Å²) in [4.78, 5) is 10.9. The van der Waals surface area contributed by atoms with E-state index >= 15 is 0 Å². The molecule has 0 heterocycles. The van der Waals surface area contributed by atoms with Crippen molar-refractivity contribution in [2.45, 2.75) is 45.4 Å². The number of esters is 1. The van der Waals surface area contributed by atoms with Crippen molar-refractivity contribution in [3.8, 4) is 0 Å². The molecule has 4 rings (SSSR count). The van der Waals surface area contributed by atoms with Crippen molar-refractivity contribution in [2.75, 3.05) is 6.61 Å². The Morgan fingerprint density at radius 2 is 1.60 bits per heavy atom. The molecule has 0 N–H and O–H groups in total. The Bertz CT molecular complexity index is 247. The van der Waals surface area contributed by atoms with Gasteiger partial charge in [0, 0.05) is 12.3 Å². The lowest BCUT2D eigenvalue weighted by atomic mass is 9.50. The second kappa shape index (κ2) is 3.23. The van der Waals surface area contributed by atoms with Crippen LogP contribution in [0.3, 0.4) is 0 Å². The monoisotopic (exact) mass is 208 g/mol. The summed E-state index contributed by atoms with van der Waals surface area (Å²) in [5.41, 5.74) is 0.389. The van der Waals surface area contributed by atoms with Crippen molar-refractivity contribution in [2.24, 2.45) is 23.2 Å². The fourth-order valence-electron chi connectivity index (χ4n) is 4.72. The van der Waals surface area contributed by atoms with Crippen molar-refractivity contribution in [1.29, 1.82) is 0 Å². The van der Waals surface area contributed by atoms with Crippen molar-refractivity contribution in [1.82, 2.24) is 0 Å². The summed E-state index contributed by atoms with van der Waals surface area (Å²) in [6, 6.07) is 0. The molecule has 4 fully saturated rings. The first kappa shape index (κ1) is 9.68. The maximum absolute atomic E-state index is 10.9. The van der Waals surface area contributed by atoms with E-state index in [1.807, 2.05) is 0 Å². The highest BCUT2D eigenvalue weighted by molar-refractivity contribution is 5.65. The van der Waals surface area contributed by atoms with E-state index in [4.69, 9.17) is 4.74 Å². The number of rotatable bonds is 2. The lowest BCUT2D eigenvalue weighted by Crippen LogP contribution is -2.48. The zero-order valence-electron chi connectivity index (χ0n) is 9.50. The van der Waals surface area contributed by atoms with Gasteiger partial charge >= 0.3 is 5.97 Å². The minimum absolute atomic E-state index is 0.106. The van der Waals surface area contributed by atoms with E-state index in [1.165, 1.54) is 45.4 Å². The van der Waals surface area contributed by atoms with Crippen LogP contribution in [0.1, 0.15) is 45.4 Å². The molecule has 4 aliphatic rings. The van der Waals surface area contributed by atoms with E-state index in [2.05, 4.69) is 0 Å². The molecule has 4 aliphatic carbocycles. The van der Waals surface area contributed by atoms with Gasteiger partial charge in [0.2, 0.25) is 0 Å². The number of carbonyl (C=O) groups is 1. The van der Waals surface area contributed by atoms with Crippen molar-refractivity contribution in [3.05, 3.63) is 0 Å². The molecule has 0 amide bonds. The molecule has 2 nitrogen and oxygen atoms in total. The Hall–Kier alpha value is -0.530. The van der Waals surface area contributed by atoms with E-state index < -0.39 is 0 Å². The number of hydrogen-bond donors (Lipinski definition) is 0. The molecule has 0 aromatic carbocycles. The Kier molecular flexibility index (Phi) is 2.08. The fraction of sp³-hybridized carbons (Fsp3) is 0.923. The maximum atomic E-state index is 10.9. The van der Waals surface area contributed by atoms with Gasteiger partial charge in [-0.1, -0.05) is 0 Å². The summed E-state index contributed by atoms with van der Waals surface area (Å²) in [5.74, 6) is 2.75. The van der Waals surface area contributed by atoms with Crippen LogP contribution < -0.4 is 0 Å². The summed E-state index contributed by atoms with van der Waals surface area (Å²) in [7, 11) is 0. The Morgan fingerprint density at radius 1 is 1.13 bits per heavy atom. The highest BCUT2D eigenvalue weighted by atomic mass is 16.5. The number of hydrogen-bond acceptors (Lipinski definition) is 2. The normalized spacial score (nSPS) is 46.9. The zero-order valence-corrected chi connectivity index (χ0v) is 9.50. The molecule has 0 radical (unpaired) electrons. The van der Waals surface area contributed by atoms with Crippen LogP contribution in [0.2, 0.25) is 0 Å². The van der Waals surface area contributed by atoms with Crippen LogP contribution in [-0.2, 0) is 9.53 Å². The SMILES string of the molecule is CC(=O)OCC12CC3CC(CC(C3)C1)C2. The molecular formula is C13H20O2. The zero-order chi connectivity index (χ0) is 10.5. The smallest absolute Gasteiger partial charge is 0.302 e. The topological polar surface area (TPSA) is 26.3 Å². The molecule has 0 spiro atoms. The third-order valence-electron chi connectivity index (χ3n) is 4.75. The van der Waals surface area contributed by atoms with Crippen LogP contribution in [0, 0.1) is 23.2 Å². The van der Waals surface area contributed by atoms with Gasteiger partial charge < -0.3 is 4.74 Å².